The van der Waals surface area contributed by atoms with E-state index in [1.165, 1.54) is 7.11 Å². The summed E-state index contributed by atoms with van der Waals surface area (Å²) in [7, 11) is -0.373. The van der Waals surface area contributed by atoms with Crippen LogP contribution in [0, 0.1) is 5.92 Å². The van der Waals surface area contributed by atoms with Crippen LogP contribution >= 0.6 is 0 Å². The van der Waals surface area contributed by atoms with Gasteiger partial charge in [0.2, 0.25) is 0 Å². The summed E-state index contributed by atoms with van der Waals surface area (Å²) in [5.41, 5.74) is 0.958. The molecule has 0 amide bonds. The Morgan fingerprint density at radius 2 is 2.00 bits per heavy atom. The van der Waals surface area contributed by atoms with Crippen molar-refractivity contribution < 1.29 is 19.1 Å². The average Bonchev–Trinajstić information content (AvgIpc) is 2.36. The van der Waals surface area contributed by atoms with Gasteiger partial charge >= 0.3 is 5.97 Å². The van der Waals surface area contributed by atoms with Crippen molar-refractivity contribution in [3.05, 3.63) is 11.6 Å². The second kappa shape index (κ2) is 7.07. The second-order valence-corrected chi connectivity index (χ2v) is 12.2. The molecule has 5 heteroatoms. The third-order valence-electron chi connectivity index (χ3n) is 4.79. The first-order valence-corrected chi connectivity index (χ1v) is 10.6. The van der Waals surface area contributed by atoms with Gasteiger partial charge in [0.15, 0.2) is 8.32 Å². The summed E-state index contributed by atoms with van der Waals surface area (Å²) in [6.45, 7) is 11.5. The zero-order valence-corrected chi connectivity index (χ0v) is 15.2. The molecule has 1 rings (SSSR count). The first kappa shape index (κ1) is 18.4. The molecule has 0 bridgehead atoms. The quantitative estimate of drug-likeness (QED) is 0.491. The van der Waals surface area contributed by atoms with Crippen molar-refractivity contribution >= 4 is 14.3 Å². The van der Waals surface area contributed by atoms with E-state index in [-0.39, 0.29) is 23.0 Å². The largest absolute Gasteiger partial charge is 0.469 e. The predicted octanol–water partition coefficient (Wildman–Crippen LogP) is 3.27. The third kappa shape index (κ3) is 4.93. The Kier molecular flexibility index (Phi) is 6.19. The lowest BCUT2D eigenvalue weighted by atomic mass is 9.82. The molecule has 0 radical (unpaired) electrons. The molecule has 1 saturated carbocycles. The summed E-state index contributed by atoms with van der Waals surface area (Å²) < 4.78 is 11.0. The minimum Gasteiger partial charge on any atom is -0.469 e. The van der Waals surface area contributed by atoms with Crippen molar-refractivity contribution in [3.8, 4) is 0 Å². The summed E-state index contributed by atoms with van der Waals surface area (Å²) >= 11 is 0. The molecule has 2 atom stereocenters. The molecule has 122 valence electrons. The summed E-state index contributed by atoms with van der Waals surface area (Å²) in [5.74, 6) is -0.429. The van der Waals surface area contributed by atoms with Crippen molar-refractivity contribution in [2.24, 2.45) is 5.92 Å². The number of aliphatic hydroxyl groups is 1. The van der Waals surface area contributed by atoms with Crippen molar-refractivity contribution in [1.82, 2.24) is 0 Å². The lowest BCUT2D eigenvalue weighted by Gasteiger charge is -2.36. The lowest BCUT2D eigenvalue weighted by molar-refractivity contribution is -0.145. The standard InChI is InChI=1S/C16H30O4Si/c1-16(2,3)21(5,6)20-10-9-12-11-13(17)7-8-14(12)15(18)19-4/h9,13-14,17H,7-8,10-11H2,1-6H3. The van der Waals surface area contributed by atoms with Crippen LogP contribution in [-0.2, 0) is 14.0 Å². The van der Waals surface area contributed by atoms with E-state index in [1.807, 2.05) is 6.08 Å². The molecule has 21 heavy (non-hydrogen) atoms. The molecule has 0 aromatic carbocycles. The maximum absolute atomic E-state index is 11.8. The Morgan fingerprint density at radius 3 is 2.52 bits per heavy atom. The molecule has 0 aliphatic heterocycles. The highest BCUT2D eigenvalue weighted by atomic mass is 28.4. The van der Waals surface area contributed by atoms with E-state index in [0.29, 0.717) is 25.9 Å². The summed E-state index contributed by atoms with van der Waals surface area (Å²) in [5, 5.41) is 9.98. The van der Waals surface area contributed by atoms with Crippen LogP contribution in [-0.4, -0.2) is 39.2 Å². The number of carbonyl (C=O) groups is 1. The van der Waals surface area contributed by atoms with Crippen LogP contribution in [0.15, 0.2) is 11.6 Å². The molecule has 0 heterocycles. The first-order valence-electron chi connectivity index (χ1n) is 7.67. The van der Waals surface area contributed by atoms with Gasteiger partial charge in [0.25, 0.3) is 0 Å². The zero-order chi connectivity index (χ0) is 16.3. The van der Waals surface area contributed by atoms with Gasteiger partial charge in [0.1, 0.15) is 0 Å². The number of methoxy groups -OCH3 is 1. The van der Waals surface area contributed by atoms with Crippen LogP contribution in [0.25, 0.3) is 0 Å². The summed E-state index contributed by atoms with van der Waals surface area (Å²) in [6, 6.07) is 0. The highest BCUT2D eigenvalue weighted by Crippen LogP contribution is 2.37. The number of aliphatic hydroxyl groups excluding tert-OH is 1. The van der Waals surface area contributed by atoms with Crippen molar-refractivity contribution in [3.63, 3.8) is 0 Å². The Hall–Kier alpha value is -0.653. The SMILES string of the molecule is COC(=O)C1CCC(O)CC1=CCO[Si](C)(C)C(C)(C)C. The van der Waals surface area contributed by atoms with Gasteiger partial charge in [-0.25, -0.2) is 0 Å². The van der Waals surface area contributed by atoms with E-state index in [4.69, 9.17) is 9.16 Å². The van der Waals surface area contributed by atoms with E-state index in [0.717, 1.165) is 5.57 Å². The number of hydrogen-bond donors (Lipinski definition) is 1. The fourth-order valence-electron chi connectivity index (χ4n) is 2.27. The Labute approximate surface area is 129 Å². The molecule has 1 aliphatic carbocycles. The van der Waals surface area contributed by atoms with Gasteiger partial charge in [-0.1, -0.05) is 32.4 Å². The maximum Gasteiger partial charge on any atom is 0.312 e. The van der Waals surface area contributed by atoms with Crippen molar-refractivity contribution in [2.45, 2.75) is 64.3 Å². The van der Waals surface area contributed by atoms with Gasteiger partial charge < -0.3 is 14.3 Å². The highest BCUT2D eigenvalue weighted by Gasteiger charge is 2.37. The Balaban J connectivity index is 2.73. The fraction of sp³-hybridized carbons (Fsp3) is 0.812. The van der Waals surface area contributed by atoms with Gasteiger partial charge in [0.05, 0.1) is 25.7 Å². The van der Waals surface area contributed by atoms with Gasteiger partial charge in [-0.2, -0.15) is 0 Å². The lowest BCUT2D eigenvalue weighted by Crippen LogP contribution is -2.40. The van der Waals surface area contributed by atoms with Crippen molar-refractivity contribution in [2.75, 3.05) is 13.7 Å². The van der Waals surface area contributed by atoms with E-state index < -0.39 is 8.32 Å². The van der Waals surface area contributed by atoms with Gasteiger partial charge in [0, 0.05) is 0 Å². The zero-order valence-electron chi connectivity index (χ0n) is 14.2. The van der Waals surface area contributed by atoms with E-state index in [2.05, 4.69) is 33.9 Å². The average molecular weight is 314 g/mol. The van der Waals surface area contributed by atoms with E-state index in [1.54, 1.807) is 0 Å². The molecule has 0 aromatic rings. The molecule has 0 saturated heterocycles. The van der Waals surface area contributed by atoms with Crippen LogP contribution in [0.5, 0.6) is 0 Å². The van der Waals surface area contributed by atoms with Crippen LogP contribution in [0.2, 0.25) is 18.1 Å². The van der Waals surface area contributed by atoms with Crippen LogP contribution in [0.4, 0.5) is 0 Å². The Bertz CT molecular complexity index is 396. The number of rotatable bonds is 4. The topological polar surface area (TPSA) is 55.8 Å². The maximum atomic E-state index is 11.8. The highest BCUT2D eigenvalue weighted by molar-refractivity contribution is 6.74. The monoisotopic (exact) mass is 314 g/mol. The van der Waals surface area contributed by atoms with E-state index >= 15 is 0 Å². The number of hydrogen-bond acceptors (Lipinski definition) is 4. The van der Waals surface area contributed by atoms with Crippen LogP contribution in [0.1, 0.15) is 40.0 Å². The normalized spacial score (nSPS) is 26.0. The molecule has 1 aliphatic rings. The van der Waals surface area contributed by atoms with Crippen LogP contribution < -0.4 is 0 Å². The molecule has 2 unspecified atom stereocenters. The van der Waals surface area contributed by atoms with E-state index in [9.17, 15) is 9.90 Å². The molecular formula is C16H30O4Si. The molecule has 1 fully saturated rings. The van der Waals surface area contributed by atoms with Gasteiger partial charge in [-0.3, -0.25) is 4.79 Å². The fourth-order valence-corrected chi connectivity index (χ4v) is 3.20. The smallest absolute Gasteiger partial charge is 0.312 e. The molecule has 4 nitrogen and oxygen atoms in total. The minimum absolute atomic E-state index is 0.166. The van der Waals surface area contributed by atoms with Gasteiger partial charge in [-0.15, -0.1) is 0 Å². The minimum atomic E-state index is -1.79. The molecular weight excluding hydrogens is 284 g/mol. The van der Waals surface area contributed by atoms with Gasteiger partial charge in [-0.05, 0) is 37.4 Å². The summed E-state index contributed by atoms with van der Waals surface area (Å²) in [4.78, 5) is 11.8. The number of carbonyl (C=O) groups excluding carboxylic acids is 1. The molecule has 0 spiro atoms. The predicted molar refractivity (Wildman–Crippen MR) is 86.6 cm³/mol. The van der Waals surface area contributed by atoms with Crippen LogP contribution in [0.3, 0.4) is 0 Å². The molecule has 1 N–H and O–H groups in total. The third-order valence-corrected chi connectivity index (χ3v) is 9.29. The second-order valence-electron chi connectivity index (χ2n) is 7.36. The number of esters is 1. The summed E-state index contributed by atoms with van der Waals surface area (Å²) in [6.07, 6.45) is 3.47. The number of ether oxygens (including phenoxy) is 1. The molecule has 0 aromatic heterocycles. The van der Waals surface area contributed by atoms with Crippen molar-refractivity contribution in [1.29, 1.82) is 0 Å². The Morgan fingerprint density at radius 1 is 1.38 bits per heavy atom. The first-order chi connectivity index (χ1) is 9.58.